The number of fused-ring (bicyclic) bond motifs is 1. The molecule has 3 rings (SSSR count). The van der Waals surface area contributed by atoms with Crippen LogP contribution in [0.15, 0.2) is 42.5 Å². The van der Waals surface area contributed by atoms with Gasteiger partial charge in [0.15, 0.2) is 6.23 Å². The Morgan fingerprint density at radius 1 is 1.24 bits per heavy atom. The van der Waals surface area contributed by atoms with E-state index in [-0.39, 0.29) is 11.6 Å². The summed E-state index contributed by atoms with van der Waals surface area (Å²) in [5.41, 5.74) is 0.948. The second-order valence-corrected chi connectivity index (χ2v) is 5.71. The summed E-state index contributed by atoms with van der Waals surface area (Å²) in [4.78, 5) is 22.4. The summed E-state index contributed by atoms with van der Waals surface area (Å²) in [7, 11) is 0. The zero-order chi connectivity index (χ0) is 15.0. The van der Waals surface area contributed by atoms with Crippen LogP contribution in [0.3, 0.4) is 0 Å². The molecule has 0 saturated heterocycles. The fourth-order valence-corrected chi connectivity index (χ4v) is 2.58. The molecule has 2 aromatic rings. The molecule has 21 heavy (non-hydrogen) atoms. The lowest BCUT2D eigenvalue weighted by atomic mass is 10.1. The van der Waals surface area contributed by atoms with Crippen molar-refractivity contribution in [2.45, 2.75) is 6.23 Å². The van der Waals surface area contributed by atoms with Gasteiger partial charge in [-0.25, -0.2) is 0 Å². The van der Waals surface area contributed by atoms with E-state index in [2.05, 4.69) is 27.9 Å². The van der Waals surface area contributed by atoms with Crippen molar-refractivity contribution in [3.63, 3.8) is 0 Å². The van der Waals surface area contributed by atoms with E-state index in [1.807, 2.05) is 6.07 Å². The van der Waals surface area contributed by atoms with Crippen LogP contribution in [0, 0.1) is 13.7 Å². The minimum absolute atomic E-state index is 0.0428. The van der Waals surface area contributed by atoms with Gasteiger partial charge in [-0.2, -0.15) is 0 Å². The number of amides is 1. The highest BCUT2D eigenvalue weighted by Crippen LogP contribution is 2.31. The topological polar surface area (TPSA) is 81.5 Å². The fourth-order valence-electron chi connectivity index (χ4n) is 2.09. The summed E-state index contributed by atoms with van der Waals surface area (Å²) in [5, 5.41) is 13.5. The predicted octanol–water partition coefficient (Wildman–Crippen LogP) is 3.02. The van der Waals surface area contributed by atoms with E-state index in [0.717, 1.165) is 3.57 Å². The molecule has 0 bridgehead atoms. The van der Waals surface area contributed by atoms with Crippen LogP contribution >= 0.6 is 22.6 Å². The van der Waals surface area contributed by atoms with Gasteiger partial charge in [0.2, 0.25) is 0 Å². The Balaban J connectivity index is 1.96. The Bertz CT molecular complexity index is 748. The number of nitrogens with zero attached hydrogens (tertiary/aromatic N) is 1. The molecule has 0 aromatic heterocycles. The first-order chi connectivity index (χ1) is 10.0. The lowest BCUT2D eigenvalue weighted by Gasteiger charge is -2.27. The minimum atomic E-state index is -0.732. The summed E-state index contributed by atoms with van der Waals surface area (Å²) in [6.45, 7) is 0. The monoisotopic (exact) mass is 396 g/mol. The molecule has 0 saturated carbocycles. The van der Waals surface area contributed by atoms with Crippen LogP contribution in [0.5, 0.6) is 5.75 Å². The quantitative estimate of drug-likeness (QED) is 0.481. The Morgan fingerprint density at radius 2 is 2.05 bits per heavy atom. The molecule has 0 spiro atoms. The van der Waals surface area contributed by atoms with E-state index < -0.39 is 11.2 Å². The molecule has 7 heteroatoms. The summed E-state index contributed by atoms with van der Waals surface area (Å²) < 4.78 is 6.65. The molecule has 0 radical (unpaired) electrons. The molecular formula is C14H9IN2O4. The maximum atomic E-state index is 12.1. The van der Waals surface area contributed by atoms with Crippen molar-refractivity contribution in [1.82, 2.24) is 5.32 Å². The Labute approximate surface area is 133 Å². The zero-order valence-electron chi connectivity index (χ0n) is 10.6. The van der Waals surface area contributed by atoms with Crippen molar-refractivity contribution in [3.05, 3.63) is 67.3 Å². The Morgan fingerprint density at radius 3 is 2.81 bits per heavy atom. The molecule has 1 heterocycles. The second-order valence-electron chi connectivity index (χ2n) is 4.46. The van der Waals surface area contributed by atoms with Crippen LogP contribution in [0.25, 0.3) is 0 Å². The maximum Gasteiger partial charge on any atom is 0.269 e. The number of nitro benzene ring substituents is 1. The van der Waals surface area contributed by atoms with Crippen LogP contribution in [-0.4, -0.2) is 10.8 Å². The highest BCUT2D eigenvalue weighted by atomic mass is 127. The molecule has 1 aliphatic rings. The first-order valence-corrected chi connectivity index (χ1v) is 7.14. The molecule has 1 aliphatic heterocycles. The molecule has 2 aromatic carbocycles. The average molecular weight is 396 g/mol. The number of rotatable bonds is 2. The van der Waals surface area contributed by atoms with Gasteiger partial charge >= 0.3 is 0 Å². The smallest absolute Gasteiger partial charge is 0.269 e. The number of halogens is 1. The van der Waals surface area contributed by atoms with Crippen LogP contribution in [0.4, 0.5) is 5.69 Å². The highest BCUT2D eigenvalue weighted by molar-refractivity contribution is 14.1. The predicted molar refractivity (Wildman–Crippen MR) is 83.1 cm³/mol. The van der Waals surface area contributed by atoms with Gasteiger partial charge in [0.05, 0.1) is 10.5 Å². The van der Waals surface area contributed by atoms with Gasteiger partial charge in [-0.15, -0.1) is 0 Å². The summed E-state index contributed by atoms with van der Waals surface area (Å²) in [6, 6.07) is 11.3. The minimum Gasteiger partial charge on any atom is -0.466 e. The first kappa shape index (κ1) is 13.8. The summed E-state index contributed by atoms with van der Waals surface area (Å²) >= 11 is 2.11. The summed E-state index contributed by atoms with van der Waals surface area (Å²) in [6.07, 6.45) is -0.732. The molecule has 6 nitrogen and oxygen atoms in total. The molecule has 1 atom stereocenters. The highest BCUT2D eigenvalue weighted by Gasteiger charge is 2.27. The van der Waals surface area contributed by atoms with Gasteiger partial charge in [-0.3, -0.25) is 14.9 Å². The van der Waals surface area contributed by atoms with Crippen molar-refractivity contribution in [1.29, 1.82) is 0 Å². The number of non-ortho nitro benzene ring substituents is 1. The molecule has 0 fully saturated rings. The molecule has 0 aliphatic carbocycles. The van der Waals surface area contributed by atoms with Gasteiger partial charge in [0.1, 0.15) is 5.75 Å². The molecule has 1 N–H and O–H groups in total. The van der Waals surface area contributed by atoms with Crippen molar-refractivity contribution in [3.8, 4) is 5.75 Å². The number of carbonyl (C=O) groups excluding carboxylic acids is 1. The van der Waals surface area contributed by atoms with Crippen molar-refractivity contribution in [2.75, 3.05) is 0 Å². The summed E-state index contributed by atoms with van der Waals surface area (Å²) in [5.74, 6) is 0.210. The number of nitrogens with one attached hydrogen (secondary N) is 1. The van der Waals surface area contributed by atoms with Crippen LogP contribution < -0.4 is 10.1 Å². The normalized spacial score (nSPS) is 16.6. The van der Waals surface area contributed by atoms with E-state index in [4.69, 9.17) is 4.74 Å². The van der Waals surface area contributed by atoms with Crippen molar-refractivity contribution in [2.24, 2.45) is 0 Å². The molecule has 1 amide bonds. The van der Waals surface area contributed by atoms with E-state index in [9.17, 15) is 14.9 Å². The largest absolute Gasteiger partial charge is 0.466 e. The number of ether oxygens (including phenoxy) is 1. The maximum absolute atomic E-state index is 12.1. The van der Waals surface area contributed by atoms with Gasteiger partial charge in [0, 0.05) is 21.3 Å². The number of carbonyl (C=O) groups is 1. The lowest BCUT2D eigenvalue weighted by molar-refractivity contribution is -0.385. The number of benzene rings is 2. The second kappa shape index (κ2) is 5.32. The number of hydrogen-bond donors (Lipinski definition) is 1. The van der Waals surface area contributed by atoms with E-state index in [1.165, 1.54) is 12.1 Å². The Hall–Kier alpha value is -2.16. The average Bonchev–Trinajstić information content (AvgIpc) is 2.48. The fraction of sp³-hybridized carbons (Fsp3) is 0.0714. The van der Waals surface area contributed by atoms with Crippen LogP contribution in [0.2, 0.25) is 0 Å². The van der Waals surface area contributed by atoms with Crippen molar-refractivity contribution >= 4 is 34.2 Å². The van der Waals surface area contributed by atoms with Gasteiger partial charge < -0.3 is 10.1 Å². The van der Waals surface area contributed by atoms with Crippen LogP contribution in [-0.2, 0) is 0 Å². The number of hydrogen-bond acceptors (Lipinski definition) is 4. The third-order valence-corrected chi connectivity index (χ3v) is 3.75. The zero-order valence-corrected chi connectivity index (χ0v) is 12.7. The third-order valence-electron chi connectivity index (χ3n) is 3.08. The van der Waals surface area contributed by atoms with E-state index in [0.29, 0.717) is 16.9 Å². The Kier molecular flexibility index (Phi) is 3.50. The van der Waals surface area contributed by atoms with Gasteiger partial charge in [-0.05, 0) is 40.8 Å². The van der Waals surface area contributed by atoms with Gasteiger partial charge in [0.25, 0.3) is 11.6 Å². The van der Waals surface area contributed by atoms with E-state index in [1.54, 1.807) is 24.3 Å². The lowest BCUT2D eigenvalue weighted by Crippen LogP contribution is -2.36. The van der Waals surface area contributed by atoms with Crippen LogP contribution in [0.1, 0.15) is 22.1 Å². The molecular weight excluding hydrogens is 387 g/mol. The first-order valence-electron chi connectivity index (χ1n) is 6.06. The SMILES string of the molecule is O=C1NC(c2cccc([N+](=O)[O-])c2)Oc2ccc(I)cc21. The molecule has 1 unspecified atom stereocenters. The standard InChI is InChI=1S/C14H9IN2O4/c15-9-4-5-12-11(7-9)13(18)16-14(21-12)8-2-1-3-10(6-8)17(19)20/h1-7,14H,(H,16,18). The van der Waals surface area contributed by atoms with Gasteiger partial charge in [-0.1, -0.05) is 12.1 Å². The van der Waals surface area contributed by atoms with Crippen molar-refractivity contribution < 1.29 is 14.5 Å². The molecule has 106 valence electrons. The third kappa shape index (κ3) is 2.68. The van der Waals surface area contributed by atoms with E-state index >= 15 is 0 Å². The number of nitro groups is 1.